The van der Waals surface area contributed by atoms with Crippen molar-refractivity contribution in [2.45, 2.75) is 75.3 Å². The molecule has 0 unspecified atom stereocenters. The lowest BCUT2D eigenvalue weighted by Crippen LogP contribution is -2.57. The Labute approximate surface area is 296 Å². The zero-order chi connectivity index (χ0) is 35.8. The summed E-state index contributed by atoms with van der Waals surface area (Å²) in [6.07, 6.45) is 4.78. The van der Waals surface area contributed by atoms with Gasteiger partial charge in [-0.1, -0.05) is 42.5 Å². The van der Waals surface area contributed by atoms with Crippen LogP contribution in [0, 0.1) is 11.8 Å². The van der Waals surface area contributed by atoms with Gasteiger partial charge in [-0.2, -0.15) is 0 Å². The van der Waals surface area contributed by atoms with Crippen molar-refractivity contribution in [3.05, 3.63) is 61.2 Å². The number of carbonyl (C=O) groups is 4. The van der Waals surface area contributed by atoms with Crippen LogP contribution in [0.1, 0.15) is 57.1 Å². The van der Waals surface area contributed by atoms with E-state index in [1.165, 1.54) is 0 Å². The van der Waals surface area contributed by atoms with E-state index in [0.29, 0.717) is 65.0 Å². The second kappa shape index (κ2) is 17.1. The van der Waals surface area contributed by atoms with Gasteiger partial charge in [-0.25, -0.2) is 0 Å². The average molecular weight is 695 g/mol. The standard InChI is InChI=1S/C38H54N4O8/c1-5-7-15-30(44)39(4)27(3)33(28-13-9-8-10-14-28)49-37(47)31-29-16-17-38(50-29)32(31)35(45)42(19-11-12-24-43)34(38)36(46)41(18-6-2)21-20-40-22-25-48-26-23-40/h5-6,8-10,13-14,27,29,31-34,43H,1-2,7,11-12,15-26H2,3-4H3/t27-,29+,31-,32-,33+,34+,38-/m0/s1. The van der Waals surface area contributed by atoms with E-state index < -0.39 is 47.7 Å². The predicted molar refractivity (Wildman–Crippen MR) is 187 cm³/mol. The maximum absolute atomic E-state index is 14.6. The van der Waals surface area contributed by atoms with Gasteiger partial charge >= 0.3 is 5.97 Å². The van der Waals surface area contributed by atoms with Gasteiger partial charge in [-0.05, 0) is 44.6 Å². The number of likely N-dealkylation sites (tertiary alicyclic amines) is 1. The minimum atomic E-state index is -1.18. The van der Waals surface area contributed by atoms with Gasteiger partial charge < -0.3 is 34.0 Å². The third-order valence-corrected chi connectivity index (χ3v) is 10.9. The number of hydrogen-bond donors (Lipinski definition) is 1. The first kappa shape index (κ1) is 37.7. The molecule has 12 nitrogen and oxygen atoms in total. The summed E-state index contributed by atoms with van der Waals surface area (Å²) < 4.78 is 18.5. The van der Waals surface area contributed by atoms with Gasteiger partial charge in [0, 0.05) is 59.3 Å². The van der Waals surface area contributed by atoms with Gasteiger partial charge in [0.1, 0.15) is 17.7 Å². The van der Waals surface area contributed by atoms with Crippen molar-refractivity contribution in [1.29, 1.82) is 0 Å². The van der Waals surface area contributed by atoms with Gasteiger partial charge in [0.15, 0.2) is 0 Å². The van der Waals surface area contributed by atoms with Crippen molar-refractivity contribution in [3.8, 4) is 0 Å². The molecule has 4 heterocycles. The molecule has 50 heavy (non-hydrogen) atoms. The van der Waals surface area contributed by atoms with Crippen LogP contribution in [0.2, 0.25) is 0 Å². The minimum Gasteiger partial charge on any atom is -0.455 e. The molecule has 4 aliphatic heterocycles. The van der Waals surface area contributed by atoms with Crippen molar-refractivity contribution >= 4 is 23.7 Å². The van der Waals surface area contributed by atoms with Crippen LogP contribution in [0.4, 0.5) is 0 Å². The molecule has 3 amide bonds. The summed E-state index contributed by atoms with van der Waals surface area (Å²) in [5, 5.41) is 9.53. The molecular formula is C38H54N4O8. The maximum atomic E-state index is 14.6. The van der Waals surface area contributed by atoms with Gasteiger partial charge in [0.05, 0.1) is 37.2 Å². The highest BCUT2D eigenvalue weighted by Gasteiger charge is 2.75. The summed E-state index contributed by atoms with van der Waals surface area (Å²) in [4.78, 5) is 63.7. The van der Waals surface area contributed by atoms with E-state index in [9.17, 15) is 24.3 Å². The molecule has 0 aliphatic carbocycles. The number of unbranched alkanes of at least 4 members (excludes halogenated alkanes) is 1. The Morgan fingerprint density at radius 2 is 1.86 bits per heavy atom. The third-order valence-electron chi connectivity index (χ3n) is 10.9. The Bertz CT molecular complexity index is 1370. The summed E-state index contributed by atoms with van der Waals surface area (Å²) in [5.74, 6) is -2.97. The van der Waals surface area contributed by atoms with Gasteiger partial charge in [-0.15, -0.1) is 13.2 Å². The lowest BCUT2D eigenvalue weighted by molar-refractivity contribution is -0.164. The van der Waals surface area contributed by atoms with Crippen LogP contribution >= 0.6 is 0 Å². The quantitative estimate of drug-likeness (QED) is 0.140. The van der Waals surface area contributed by atoms with E-state index in [1.54, 1.807) is 33.9 Å². The van der Waals surface area contributed by atoms with E-state index in [2.05, 4.69) is 18.1 Å². The molecule has 1 aromatic rings. The van der Waals surface area contributed by atoms with E-state index in [-0.39, 0.29) is 37.3 Å². The molecule has 0 aromatic heterocycles. The number of esters is 1. The number of aliphatic hydroxyl groups excluding tert-OH is 1. The Balaban J connectivity index is 1.42. The molecular weight excluding hydrogens is 640 g/mol. The Morgan fingerprint density at radius 3 is 2.54 bits per heavy atom. The van der Waals surface area contributed by atoms with E-state index in [0.717, 1.165) is 18.7 Å². The predicted octanol–water partition coefficient (Wildman–Crippen LogP) is 2.58. The number of morpholine rings is 1. The smallest absolute Gasteiger partial charge is 0.313 e. The molecule has 1 spiro atoms. The Kier molecular flexibility index (Phi) is 12.9. The lowest BCUT2D eigenvalue weighted by Gasteiger charge is -2.37. The van der Waals surface area contributed by atoms with Crippen LogP contribution in [0.3, 0.4) is 0 Å². The number of benzene rings is 1. The minimum absolute atomic E-state index is 0.0333. The number of carbonyl (C=O) groups excluding carboxylic acids is 4. The molecule has 1 N–H and O–H groups in total. The monoisotopic (exact) mass is 694 g/mol. The summed E-state index contributed by atoms with van der Waals surface area (Å²) in [6.45, 7) is 14.0. The molecule has 4 saturated heterocycles. The first-order valence-electron chi connectivity index (χ1n) is 18.1. The summed E-state index contributed by atoms with van der Waals surface area (Å²) >= 11 is 0. The van der Waals surface area contributed by atoms with Gasteiger partial charge in [0.2, 0.25) is 17.7 Å². The third kappa shape index (κ3) is 7.68. The number of amides is 3. The van der Waals surface area contributed by atoms with Crippen molar-refractivity contribution in [2.24, 2.45) is 11.8 Å². The van der Waals surface area contributed by atoms with Gasteiger partial charge in [-0.3, -0.25) is 24.1 Å². The largest absolute Gasteiger partial charge is 0.455 e. The first-order valence-corrected chi connectivity index (χ1v) is 18.1. The molecule has 2 bridgehead atoms. The fourth-order valence-electron chi connectivity index (χ4n) is 8.17. The van der Waals surface area contributed by atoms with E-state index in [1.807, 2.05) is 37.3 Å². The van der Waals surface area contributed by atoms with Crippen LogP contribution < -0.4 is 0 Å². The molecule has 7 atom stereocenters. The summed E-state index contributed by atoms with van der Waals surface area (Å²) in [7, 11) is 1.70. The Hall–Kier alpha value is -3.58. The number of nitrogens with zero attached hydrogens (tertiary/aromatic N) is 4. The first-order chi connectivity index (χ1) is 24.2. The van der Waals surface area contributed by atoms with Crippen LogP contribution in [0.15, 0.2) is 55.6 Å². The number of rotatable bonds is 18. The number of likely N-dealkylation sites (N-methyl/N-ethyl adjacent to an activating group) is 1. The van der Waals surface area contributed by atoms with E-state index in [4.69, 9.17) is 14.2 Å². The van der Waals surface area contributed by atoms with Crippen molar-refractivity contribution in [1.82, 2.24) is 19.6 Å². The van der Waals surface area contributed by atoms with Crippen molar-refractivity contribution in [2.75, 3.05) is 66.1 Å². The molecule has 5 rings (SSSR count). The highest BCUT2D eigenvalue weighted by molar-refractivity contribution is 5.98. The molecule has 0 radical (unpaired) electrons. The fourth-order valence-corrected chi connectivity index (χ4v) is 8.17. The SMILES string of the molecule is C=CCCC(=O)N(C)[C@@H](C)[C@@H](OC(=O)[C@@H]1[C@H]2C(=O)N(CCCCO)[C@H](C(=O)N(CC=C)CCN3CCOCC3)[C@]23CC[C@H]1O3)c1ccccc1. The average Bonchev–Trinajstić information content (AvgIpc) is 3.78. The van der Waals surface area contributed by atoms with Gasteiger partial charge in [0.25, 0.3) is 0 Å². The molecule has 1 aromatic carbocycles. The number of aliphatic hydroxyl groups is 1. The maximum Gasteiger partial charge on any atom is 0.313 e. The van der Waals surface area contributed by atoms with Crippen LogP contribution in [0.25, 0.3) is 0 Å². The van der Waals surface area contributed by atoms with Crippen LogP contribution in [-0.4, -0.2) is 138 Å². The van der Waals surface area contributed by atoms with Crippen molar-refractivity contribution in [3.63, 3.8) is 0 Å². The molecule has 274 valence electrons. The molecule has 4 aliphatic rings. The second-order valence-electron chi connectivity index (χ2n) is 13.9. The number of allylic oxidation sites excluding steroid dienone is 1. The fraction of sp³-hybridized carbons (Fsp3) is 0.632. The zero-order valence-electron chi connectivity index (χ0n) is 29.6. The number of fused-ring (bicyclic) bond motifs is 1. The van der Waals surface area contributed by atoms with Crippen LogP contribution in [-0.2, 0) is 33.4 Å². The van der Waals surface area contributed by atoms with E-state index >= 15 is 0 Å². The Morgan fingerprint density at radius 1 is 1.12 bits per heavy atom. The highest BCUT2D eigenvalue weighted by Crippen LogP contribution is 2.59. The number of hydrogen-bond acceptors (Lipinski definition) is 9. The number of ether oxygens (including phenoxy) is 3. The normalized spacial score (nSPS) is 27.0. The molecule has 0 saturated carbocycles. The molecule has 12 heteroatoms. The highest BCUT2D eigenvalue weighted by atomic mass is 16.6. The summed E-state index contributed by atoms with van der Waals surface area (Å²) in [5.41, 5.74) is -0.446. The summed E-state index contributed by atoms with van der Waals surface area (Å²) in [6, 6.07) is 7.88. The van der Waals surface area contributed by atoms with Crippen molar-refractivity contribution < 1.29 is 38.5 Å². The topological polar surface area (TPSA) is 129 Å². The molecule has 4 fully saturated rings. The lowest BCUT2D eigenvalue weighted by atomic mass is 9.70. The van der Waals surface area contributed by atoms with Crippen LogP contribution in [0.5, 0.6) is 0 Å². The zero-order valence-corrected chi connectivity index (χ0v) is 29.6. The second-order valence-corrected chi connectivity index (χ2v) is 13.9.